The number of amides is 1. The van der Waals surface area contributed by atoms with Crippen molar-refractivity contribution in [3.05, 3.63) is 82.5 Å². The van der Waals surface area contributed by atoms with Gasteiger partial charge >= 0.3 is 0 Å². The molecule has 1 atom stereocenters. The van der Waals surface area contributed by atoms with Gasteiger partial charge in [0.1, 0.15) is 0 Å². The zero-order valence-corrected chi connectivity index (χ0v) is 16.9. The summed E-state index contributed by atoms with van der Waals surface area (Å²) in [6.45, 7) is 5.69. The van der Waals surface area contributed by atoms with Gasteiger partial charge in [-0.15, -0.1) is 0 Å². The first-order valence-electron chi connectivity index (χ1n) is 9.61. The van der Waals surface area contributed by atoms with E-state index in [0.717, 1.165) is 16.7 Å². The van der Waals surface area contributed by atoms with E-state index in [1.165, 1.54) is 0 Å². The Bertz CT molecular complexity index is 1280. The minimum atomic E-state index is -0.281. The van der Waals surface area contributed by atoms with Gasteiger partial charge < -0.3 is 9.84 Å². The van der Waals surface area contributed by atoms with Crippen LogP contribution in [0.1, 0.15) is 45.7 Å². The molecule has 2 aromatic carbocycles. The SMILES string of the molecule is Cc1ccc(-c2cc(C(=O)NC(C)c3cccc(C#N)c3)c3c(C)noc3n2)cc1. The van der Waals surface area contributed by atoms with E-state index < -0.39 is 0 Å². The normalized spacial score (nSPS) is 11.8. The molecule has 6 nitrogen and oxygen atoms in total. The van der Waals surface area contributed by atoms with Crippen LogP contribution in [-0.4, -0.2) is 16.0 Å². The molecular formula is C24H20N4O2. The Balaban J connectivity index is 1.73. The number of carbonyl (C=O) groups is 1. The van der Waals surface area contributed by atoms with Crippen molar-refractivity contribution < 1.29 is 9.32 Å². The first kappa shape index (κ1) is 19.3. The van der Waals surface area contributed by atoms with E-state index >= 15 is 0 Å². The molecule has 2 heterocycles. The molecular weight excluding hydrogens is 376 g/mol. The summed E-state index contributed by atoms with van der Waals surface area (Å²) in [6, 6.07) is 18.7. The average molecular weight is 396 g/mol. The molecule has 1 N–H and O–H groups in total. The second kappa shape index (κ2) is 7.80. The first-order valence-corrected chi connectivity index (χ1v) is 9.61. The van der Waals surface area contributed by atoms with E-state index in [1.807, 2.05) is 44.2 Å². The molecule has 1 unspecified atom stereocenters. The number of fused-ring (bicyclic) bond motifs is 1. The molecule has 6 heteroatoms. The lowest BCUT2D eigenvalue weighted by Crippen LogP contribution is -2.27. The Labute approximate surface area is 174 Å². The highest BCUT2D eigenvalue weighted by Gasteiger charge is 2.21. The van der Waals surface area contributed by atoms with Gasteiger partial charge in [0.2, 0.25) is 0 Å². The number of carbonyl (C=O) groups excluding carboxylic acids is 1. The number of aromatic nitrogens is 2. The lowest BCUT2D eigenvalue weighted by atomic mass is 10.0. The molecule has 4 aromatic rings. The van der Waals surface area contributed by atoms with Gasteiger partial charge in [-0.05, 0) is 44.5 Å². The molecule has 0 radical (unpaired) electrons. The Morgan fingerprint density at radius 3 is 2.63 bits per heavy atom. The van der Waals surface area contributed by atoms with Crippen LogP contribution in [0.4, 0.5) is 0 Å². The summed E-state index contributed by atoms with van der Waals surface area (Å²) >= 11 is 0. The minimum absolute atomic E-state index is 0.253. The highest BCUT2D eigenvalue weighted by atomic mass is 16.5. The van der Waals surface area contributed by atoms with Crippen molar-refractivity contribution in [1.29, 1.82) is 5.26 Å². The van der Waals surface area contributed by atoms with Crippen molar-refractivity contribution in [2.75, 3.05) is 0 Å². The van der Waals surface area contributed by atoms with E-state index in [2.05, 4.69) is 21.5 Å². The smallest absolute Gasteiger partial charge is 0.259 e. The Hall–Kier alpha value is -3.98. The summed E-state index contributed by atoms with van der Waals surface area (Å²) in [5, 5.41) is 16.7. The second-order valence-electron chi connectivity index (χ2n) is 7.30. The zero-order valence-electron chi connectivity index (χ0n) is 16.9. The van der Waals surface area contributed by atoms with Crippen molar-refractivity contribution in [2.45, 2.75) is 26.8 Å². The molecule has 4 rings (SSSR count). The predicted octanol–water partition coefficient (Wildman–Crippen LogP) is 4.87. The van der Waals surface area contributed by atoms with Crippen LogP contribution in [0.2, 0.25) is 0 Å². The van der Waals surface area contributed by atoms with Crippen molar-refractivity contribution in [1.82, 2.24) is 15.5 Å². The fraction of sp³-hybridized carbons (Fsp3) is 0.167. The quantitative estimate of drug-likeness (QED) is 0.531. The van der Waals surface area contributed by atoms with Crippen LogP contribution < -0.4 is 5.32 Å². The Kier molecular flexibility index (Phi) is 5.03. The average Bonchev–Trinajstić information content (AvgIpc) is 3.14. The Morgan fingerprint density at radius 1 is 1.13 bits per heavy atom. The summed E-state index contributed by atoms with van der Waals surface area (Å²) in [5.74, 6) is -0.253. The zero-order chi connectivity index (χ0) is 21.3. The minimum Gasteiger partial charge on any atom is -0.345 e. The third kappa shape index (κ3) is 3.65. The number of hydrogen-bond acceptors (Lipinski definition) is 5. The van der Waals surface area contributed by atoms with Crippen molar-refractivity contribution in [2.24, 2.45) is 0 Å². The number of nitrogens with zero attached hydrogens (tertiary/aromatic N) is 3. The van der Waals surface area contributed by atoms with E-state index in [0.29, 0.717) is 33.6 Å². The molecule has 0 aliphatic heterocycles. The highest BCUT2D eigenvalue weighted by molar-refractivity contribution is 6.07. The maximum atomic E-state index is 13.2. The Morgan fingerprint density at radius 2 is 1.90 bits per heavy atom. The first-order chi connectivity index (χ1) is 14.5. The molecule has 0 bridgehead atoms. The molecule has 0 aliphatic carbocycles. The summed E-state index contributed by atoms with van der Waals surface area (Å²) < 4.78 is 5.37. The lowest BCUT2D eigenvalue weighted by Gasteiger charge is -2.15. The summed E-state index contributed by atoms with van der Waals surface area (Å²) in [7, 11) is 0. The van der Waals surface area contributed by atoms with E-state index in [4.69, 9.17) is 9.78 Å². The van der Waals surface area contributed by atoms with Gasteiger partial charge in [-0.3, -0.25) is 4.79 Å². The monoisotopic (exact) mass is 396 g/mol. The molecule has 1 amide bonds. The molecule has 0 fully saturated rings. The van der Waals surface area contributed by atoms with Gasteiger partial charge in [-0.1, -0.05) is 47.1 Å². The van der Waals surface area contributed by atoms with Crippen molar-refractivity contribution in [3.63, 3.8) is 0 Å². The van der Waals surface area contributed by atoms with Crippen LogP contribution in [-0.2, 0) is 0 Å². The summed E-state index contributed by atoms with van der Waals surface area (Å²) in [6.07, 6.45) is 0. The van der Waals surface area contributed by atoms with Crippen molar-refractivity contribution in [3.8, 4) is 17.3 Å². The van der Waals surface area contributed by atoms with Crippen LogP contribution in [0.3, 0.4) is 0 Å². The number of hydrogen-bond donors (Lipinski definition) is 1. The van der Waals surface area contributed by atoms with Crippen LogP contribution in [0.15, 0.2) is 59.1 Å². The van der Waals surface area contributed by atoms with Gasteiger partial charge in [0.25, 0.3) is 11.6 Å². The van der Waals surface area contributed by atoms with Gasteiger partial charge in [0.05, 0.1) is 40.0 Å². The molecule has 0 spiro atoms. The standard InChI is InChI=1S/C24H20N4O2/c1-14-7-9-18(10-8-14)21-12-20(22-16(3)28-30-24(22)27-21)23(29)26-15(2)19-6-4-5-17(11-19)13-25/h4-12,15H,1-3H3,(H,26,29). The number of benzene rings is 2. The summed E-state index contributed by atoms with van der Waals surface area (Å²) in [4.78, 5) is 17.8. The lowest BCUT2D eigenvalue weighted by molar-refractivity contribution is 0.0941. The van der Waals surface area contributed by atoms with Crippen LogP contribution >= 0.6 is 0 Å². The molecule has 0 saturated heterocycles. The second-order valence-corrected chi connectivity index (χ2v) is 7.30. The van der Waals surface area contributed by atoms with Crippen LogP contribution in [0.25, 0.3) is 22.4 Å². The topological polar surface area (TPSA) is 91.8 Å². The largest absolute Gasteiger partial charge is 0.345 e. The number of rotatable bonds is 4. The van der Waals surface area contributed by atoms with Gasteiger partial charge in [0, 0.05) is 5.56 Å². The number of nitrogens with one attached hydrogen (secondary N) is 1. The van der Waals surface area contributed by atoms with Gasteiger partial charge in [-0.25, -0.2) is 4.98 Å². The molecule has 2 aromatic heterocycles. The fourth-order valence-corrected chi connectivity index (χ4v) is 3.38. The van der Waals surface area contributed by atoms with Crippen molar-refractivity contribution >= 4 is 17.0 Å². The van der Waals surface area contributed by atoms with E-state index in [-0.39, 0.29) is 11.9 Å². The van der Waals surface area contributed by atoms with E-state index in [1.54, 1.807) is 31.2 Å². The molecule has 0 aliphatic rings. The van der Waals surface area contributed by atoms with Crippen LogP contribution in [0, 0.1) is 25.2 Å². The third-order valence-electron chi connectivity index (χ3n) is 5.07. The van der Waals surface area contributed by atoms with Gasteiger partial charge in [0.15, 0.2) is 0 Å². The maximum absolute atomic E-state index is 13.2. The molecule has 30 heavy (non-hydrogen) atoms. The number of nitriles is 1. The number of pyridine rings is 1. The third-order valence-corrected chi connectivity index (χ3v) is 5.07. The summed E-state index contributed by atoms with van der Waals surface area (Å²) in [5.41, 5.74) is 5.47. The van der Waals surface area contributed by atoms with E-state index in [9.17, 15) is 4.79 Å². The molecule has 0 saturated carbocycles. The molecule has 148 valence electrons. The fourth-order valence-electron chi connectivity index (χ4n) is 3.38. The number of aryl methyl sites for hydroxylation is 2. The van der Waals surface area contributed by atoms with Crippen LogP contribution in [0.5, 0.6) is 0 Å². The highest BCUT2D eigenvalue weighted by Crippen LogP contribution is 2.28. The maximum Gasteiger partial charge on any atom is 0.259 e. The van der Waals surface area contributed by atoms with Gasteiger partial charge in [-0.2, -0.15) is 5.26 Å². The predicted molar refractivity (Wildman–Crippen MR) is 114 cm³/mol.